The van der Waals surface area contributed by atoms with Crippen LogP contribution in [0, 0.1) is 0 Å². The highest BCUT2D eigenvalue weighted by Crippen LogP contribution is 2.32. The van der Waals surface area contributed by atoms with E-state index in [1.165, 1.54) is 17.0 Å². The van der Waals surface area contributed by atoms with Crippen molar-refractivity contribution in [3.8, 4) is 0 Å². The molecule has 2 fully saturated rings. The smallest absolute Gasteiger partial charge is 0.410 e. The van der Waals surface area contributed by atoms with Crippen molar-refractivity contribution in [3.05, 3.63) is 30.3 Å². The summed E-state index contributed by atoms with van der Waals surface area (Å²) in [4.78, 5) is 27.2. The van der Waals surface area contributed by atoms with Gasteiger partial charge in [0.05, 0.1) is 23.7 Å². The maximum atomic E-state index is 12.3. The molecule has 1 atom stereocenters. The fourth-order valence-corrected chi connectivity index (χ4v) is 4.44. The summed E-state index contributed by atoms with van der Waals surface area (Å²) in [5, 5.41) is 0. The minimum absolute atomic E-state index is 0.0723. The van der Waals surface area contributed by atoms with Gasteiger partial charge in [-0.25, -0.2) is 13.2 Å². The Morgan fingerprint density at radius 3 is 2.58 bits per heavy atom. The van der Waals surface area contributed by atoms with Gasteiger partial charge in [0.25, 0.3) is 0 Å². The van der Waals surface area contributed by atoms with E-state index < -0.39 is 15.4 Å². The number of carbonyl (C=O) groups is 2. The van der Waals surface area contributed by atoms with Gasteiger partial charge in [-0.1, -0.05) is 18.2 Å². The number of sulfone groups is 1. The first kappa shape index (κ1) is 16.8. The molecule has 1 aromatic carbocycles. The number of carbonyl (C=O) groups excluding carboxylic acids is 2. The second-order valence-corrected chi connectivity index (χ2v) is 8.46. The minimum atomic E-state index is -3.47. The maximum absolute atomic E-state index is 12.3. The highest BCUT2D eigenvalue weighted by molar-refractivity contribution is 7.91. The van der Waals surface area contributed by atoms with E-state index in [1.54, 1.807) is 30.1 Å². The van der Waals surface area contributed by atoms with Crippen molar-refractivity contribution in [2.24, 2.45) is 0 Å². The summed E-state index contributed by atoms with van der Waals surface area (Å²) in [5.41, 5.74) is -0.639. The van der Waals surface area contributed by atoms with Gasteiger partial charge in [-0.2, -0.15) is 0 Å². The van der Waals surface area contributed by atoms with Crippen LogP contribution in [0.5, 0.6) is 0 Å². The van der Waals surface area contributed by atoms with E-state index in [0.29, 0.717) is 26.1 Å². The predicted molar refractivity (Wildman–Crippen MR) is 86.2 cm³/mol. The Hall–Kier alpha value is -2.09. The van der Waals surface area contributed by atoms with Crippen LogP contribution in [0.3, 0.4) is 0 Å². The molecule has 24 heavy (non-hydrogen) atoms. The lowest BCUT2D eigenvalue weighted by molar-refractivity contribution is -0.130. The topological polar surface area (TPSA) is 84.0 Å². The molecule has 0 N–H and O–H groups in total. The first-order chi connectivity index (χ1) is 11.3. The monoisotopic (exact) mass is 352 g/mol. The van der Waals surface area contributed by atoms with Gasteiger partial charge in [0.2, 0.25) is 5.91 Å². The lowest BCUT2D eigenvalue weighted by Gasteiger charge is -2.21. The van der Waals surface area contributed by atoms with Crippen molar-refractivity contribution >= 4 is 21.8 Å². The summed E-state index contributed by atoms with van der Waals surface area (Å²) in [7, 11) is -1.81. The Morgan fingerprint density at radius 2 is 1.96 bits per heavy atom. The molecule has 1 aromatic rings. The summed E-state index contributed by atoms with van der Waals surface area (Å²) in [6, 6.07) is 8.11. The van der Waals surface area contributed by atoms with E-state index in [2.05, 4.69) is 0 Å². The number of likely N-dealkylation sites (tertiary alicyclic amines) is 1. The van der Waals surface area contributed by atoms with Gasteiger partial charge >= 0.3 is 6.09 Å². The molecule has 8 heteroatoms. The molecule has 0 bridgehead atoms. The number of benzene rings is 1. The fourth-order valence-electron chi connectivity index (χ4n) is 3.19. The average Bonchev–Trinajstić information content (AvgIpc) is 3.09. The lowest BCUT2D eigenvalue weighted by atomic mass is 10.0. The molecule has 0 saturated carbocycles. The zero-order chi connectivity index (χ0) is 17.4. The molecule has 130 valence electrons. The van der Waals surface area contributed by atoms with Crippen molar-refractivity contribution in [2.45, 2.75) is 23.3 Å². The second kappa shape index (κ2) is 6.08. The molecule has 2 saturated heterocycles. The molecule has 1 spiro atoms. The number of likely N-dealkylation sites (N-methyl/N-ethyl adjacent to an activating group) is 1. The highest BCUT2D eigenvalue weighted by atomic mass is 32.2. The molecule has 2 aliphatic rings. The molecule has 0 aromatic heterocycles. The summed E-state index contributed by atoms with van der Waals surface area (Å²) in [6.07, 6.45) is 0.133. The van der Waals surface area contributed by atoms with Crippen LogP contribution in [0.2, 0.25) is 0 Å². The van der Waals surface area contributed by atoms with Gasteiger partial charge in [-0.05, 0) is 12.1 Å². The summed E-state index contributed by atoms with van der Waals surface area (Å²) >= 11 is 0. The number of ether oxygens (including phenoxy) is 1. The Balaban J connectivity index is 1.58. The first-order valence-electron chi connectivity index (χ1n) is 7.81. The van der Waals surface area contributed by atoms with Gasteiger partial charge in [0.1, 0.15) is 0 Å². The second-order valence-electron chi connectivity index (χ2n) is 6.35. The normalized spacial score (nSPS) is 23.8. The number of amides is 2. The summed E-state index contributed by atoms with van der Waals surface area (Å²) < 4.78 is 29.9. The zero-order valence-corrected chi connectivity index (χ0v) is 14.3. The molecule has 3 rings (SSSR count). The van der Waals surface area contributed by atoms with E-state index in [4.69, 9.17) is 4.74 Å². The first-order valence-corrected chi connectivity index (χ1v) is 9.46. The maximum Gasteiger partial charge on any atom is 0.410 e. The number of hydrogen-bond donors (Lipinski definition) is 0. The highest BCUT2D eigenvalue weighted by Gasteiger charge is 2.49. The quantitative estimate of drug-likeness (QED) is 0.804. The molecule has 2 aliphatic heterocycles. The molecule has 0 radical (unpaired) electrons. The van der Waals surface area contributed by atoms with Crippen molar-refractivity contribution < 1.29 is 22.7 Å². The summed E-state index contributed by atoms with van der Waals surface area (Å²) in [5.74, 6) is -0.448. The van der Waals surface area contributed by atoms with Crippen molar-refractivity contribution in [3.63, 3.8) is 0 Å². The van der Waals surface area contributed by atoms with Crippen LogP contribution in [0.25, 0.3) is 0 Å². The van der Waals surface area contributed by atoms with Gasteiger partial charge in [-0.3, -0.25) is 4.79 Å². The third-order valence-corrected chi connectivity index (χ3v) is 6.23. The molecular formula is C16H20N2O5S. The standard InChI is InChI=1S/C16H20N2O5S/c1-17-11-16(23-15(17)20)8-9-18(12-16)14(19)7-10-24(21,22)13-5-3-2-4-6-13/h2-6H,7-12H2,1H3. The number of rotatable bonds is 4. The van der Waals surface area contributed by atoms with E-state index in [0.717, 1.165) is 0 Å². The van der Waals surface area contributed by atoms with Crippen LogP contribution in [0.1, 0.15) is 12.8 Å². The van der Waals surface area contributed by atoms with Gasteiger partial charge in [0.15, 0.2) is 15.4 Å². The molecule has 0 aliphatic carbocycles. The Morgan fingerprint density at radius 1 is 1.25 bits per heavy atom. The van der Waals surface area contributed by atoms with Crippen LogP contribution in [-0.4, -0.2) is 68.3 Å². The van der Waals surface area contributed by atoms with Crippen LogP contribution >= 0.6 is 0 Å². The number of nitrogens with zero attached hydrogens (tertiary/aromatic N) is 2. The molecule has 2 heterocycles. The molecule has 1 unspecified atom stereocenters. The van der Waals surface area contributed by atoms with Crippen LogP contribution in [-0.2, 0) is 19.4 Å². The average molecular weight is 352 g/mol. The molecule has 2 amide bonds. The van der Waals surface area contributed by atoms with Crippen LogP contribution < -0.4 is 0 Å². The minimum Gasteiger partial charge on any atom is -0.439 e. The van der Waals surface area contributed by atoms with E-state index >= 15 is 0 Å². The zero-order valence-electron chi connectivity index (χ0n) is 13.5. The van der Waals surface area contributed by atoms with Crippen molar-refractivity contribution in [1.82, 2.24) is 9.80 Å². The summed E-state index contributed by atoms with van der Waals surface area (Å²) in [6.45, 7) is 1.26. The Labute approximate surface area is 141 Å². The Bertz CT molecular complexity index is 749. The third-order valence-electron chi connectivity index (χ3n) is 4.50. The predicted octanol–water partition coefficient (Wildman–Crippen LogP) is 0.903. The number of hydrogen-bond acceptors (Lipinski definition) is 5. The molecule has 7 nitrogen and oxygen atoms in total. The lowest BCUT2D eigenvalue weighted by Crippen LogP contribution is -2.39. The largest absolute Gasteiger partial charge is 0.439 e. The molecular weight excluding hydrogens is 332 g/mol. The van der Waals surface area contributed by atoms with Crippen LogP contribution in [0.4, 0.5) is 4.79 Å². The van der Waals surface area contributed by atoms with E-state index in [9.17, 15) is 18.0 Å². The van der Waals surface area contributed by atoms with Crippen molar-refractivity contribution in [1.29, 1.82) is 0 Å². The van der Waals surface area contributed by atoms with Crippen LogP contribution in [0.15, 0.2) is 35.2 Å². The van der Waals surface area contributed by atoms with E-state index in [-0.39, 0.29) is 29.1 Å². The third kappa shape index (κ3) is 3.24. The SMILES string of the molecule is CN1CC2(CCN(C(=O)CCS(=O)(=O)c3ccccc3)C2)OC1=O. The fraction of sp³-hybridized carbons (Fsp3) is 0.500. The van der Waals surface area contributed by atoms with Crippen molar-refractivity contribution in [2.75, 3.05) is 32.4 Å². The van der Waals surface area contributed by atoms with E-state index in [1.807, 2.05) is 0 Å². The van der Waals surface area contributed by atoms with Gasteiger partial charge < -0.3 is 14.5 Å². The van der Waals surface area contributed by atoms with Gasteiger partial charge in [0, 0.05) is 26.4 Å². The Kier molecular flexibility index (Phi) is 4.25. The van der Waals surface area contributed by atoms with Gasteiger partial charge in [-0.15, -0.1) is 0 Å².